The van der Waals surface area contributed by atoms with Crippen LogP contribution in [-0.4, -0.2) is 42.5 Å². The Hall–Kier alpha value is -1.63. The minimum atomic E-state index is -1.02. The number of rotatable bonds is 4. The maximum Gasteiger partial charge on any atom is 0.305 e. The number of hydrogen-bond acceptors (Lipinski definition) is 7. The van der Waals surface area contributed by atoms with Gasteiger partial charge in [0.2, 0.25) is 6.29 Å². The third-order valence-electron chi connectivity index (χ3n) is 3.82. The van der Waals surface area contributed by atoms with E-state index in [9.17, 15) is 14.4 Å². The van der Waals surface area contributed by atoms with E-state index in [0.717, 1.165) is 0 Å². The van der Waals surface area contributed by atoms with Crippen molar-refractivity contribution in [3.8, 4) is 0 Å². The lowest BCUT2D eigenvalue weighted by molar-refractivity contribution is -0.279. The predicted octanol–water partition coefficient (Wildman–Crippen LogP) is 1.43. The normalized spacial score (nSPS) is 32.7. The molecule has 0 aromatic carbocycles. The van der Waals surface area contributed by atoms with E-state index in [2.05, 4.69) is 0 Å². The second kappa shape index (κ2) is 7.58. The molecule has 0 aromatic heterocycles. The monoisotopic (exact) mass is 316 g/mol. The first kappa shape index (κ1) is 18.4. The van der Waals surface area contributed by atoms with Crippen molar-refractivity contribution in [2.75, 3.05) is 0 Å². The first-order chi connectivity index (χ1) is 10.1. The molecule has 1 rings (SSSR count). The predicted molar refractivity (Wildman–Crippen MR) is 75.5 cm³/mol. The highest BCUT2D eigenvalue weighted by Crippen LogP contribution is 2.35. The van der Waals surface area contributed by atoms with Crippen LogP contribution < -0.4 is 0 Å². The number of hydrogen-bond donors (Lipinski definition) is 0. The van der Waals surface area contributed by atoms with Gasteiger partial charge in [-0.3, -0.25) is 14.4 Å². The maximum atomic E-state index is 11.3. The van der Waals surface area contributed by atoms with Crippen molar-refractivity contribution in [2.45, 2.75) is 66.1 Å². The van der Waals surface area contributed by atoms with Gasteiger partial charge in [0.1, 0.15) is 12.2 Å². The lowest BCUT2D eigenvalue weighted by Crippen LogP contribution is -2.55. The van der Waals surface area contributed by atoms with Gasteiger partial charge in [0.25, 0.3) is 0 Å². The molecular weight excluding hydrogens is 292 g/mol. The molecule has 1 unspecified atom stereocenters. The average molecular weight is 316 g/mol. The molecule has 1 aliphatic rings. The molecule has 6 atom stereocenters. The fourth-order valence-corrected chi connectivity index (χ4v) is 2.68. The largest absolute Gasteiger partial charge is 0.460 e. The zero-order chi connectivity index (χ0) is 17.0. The second-order valence-corrected chi connectivity index (χ2v) is 5.69. The summed E-state index contributed by atoms with van der Waals surface area (Å²) in [5.74, 6) is -1.63. The summed E-state index contributed by atoms with van der Waals surface area (Å²) in [5.41, 5.74) is 0. The Balaban J connectivity index is 2.95. The number of carbonyl (C=O) groups is 3. The average Bonchev–Trinajstić information content (AvgIpc) is 2.36. The van der Waals surface area contributed by atoms with Crippen LogP contribution in [0.4, 0.5) is 0 Å². The summed E-state index contributed by atoms with van der Waals surface area (Å²) in [7, 11) is 0. The topological polar surface area (TPSA) is 88.1 Å². The molecule has 0 radical (unpaired) electrons. The molecule has 0 N–H and O–H groups in total. The van der Waals surface area contributed by atoms with E-state index in [4.69, 9.17) is 18.9 Å². The van der Waals surface area contributed by atoms with Gasteiger partial charge in [0.05, 0.1) is 0 Å². The summed E-state index contributed by atoms with van der Waals surface area (Å²) in [6, 6.07) is 0. The van der Waals surface area contributed by atoms with Crippen LogP contribution in [0, 0.1) is 11.8 Å². The van der Waals surface area contributed by atoms with Crippen LogP contribution in [0.2, 0.25) is 0 Å². The van der Waals surface area contributed by atoms with Crippen molar-refractivity contribution >= 4 is 17.9 Å². The fourth-order valence-electron chi connectivity index (χ4n) is 2.68. The van der Waals surface area contributed by atoms with Crippen LogP contribution in [0.5, 0.6) is 0 Å². The molecule has 1 saturated heterocycles. The molecule has 22 heavy (non-hydrogen) atoms. The van der Waals surface area contributed by atoms with E-state index in [-0.39, 0.29) is 11.8 Å². The molecule has 1 fully saturated rings. The lowest BCUT2D eigenvalue weighted by Gasteiger charge is -2.44. The van der Waals surface area contributed by atoms with Gasteiger partial charge in [0.15, 0.2) is 6.10 Å². The van der Waals surface area contributed by atoms with Gasteiger partial charge in [-0.1, -0.05) is 13.8 Å². The SMILES string of the molecule is CC(=O)OC1O[C@@H]([C@@H](C)OC(C)=O)[C@@H](C)[C@@H](C)[C@@H]1OC(C)=O. The van der Waals surface area contributed by atoms with E-state index in [1.807, 2.05) is 13.8 Å². The van der Waals surface area contributed by atoms with Gasteiger partial charge in [-0.05, 0) is 12.8 Å². The highest BCUT2D eigenvalue weighted by molar-refractivity contribution is 5.67. The second-order valence-electron chi connectivity index (χ2n) is 5.69. The Morgan fingerprint density at radius 3 is 1.91 bits per heavy atom. The van der Waals surface area contributed by atoms with Gasteiger partial charge in [-0.25, -0.2) is 0 Å². The van der Waals surface area contributed by atoms with E-state index in [1.54, 1.807) is 6.92 Å². The minimum absolute atomic E-state index is 0.0643. The molecule has 0 aliphatic carbocycles. The molecule has 7 nitrogen and oxygen atoms in total. The number of ether oxygens (including phenoxy) is 4. The Labute approximate surface area is 130 Å². The number of esters is 3. The van der Waals surface area contributed by atoms with Crippen LogP contribution >= 0.6 is 0 Å². The Morgan fingerprint density at radius 1 is 0.909 bits per heavy atom. The zero-order valence-electron chi connectivity index (χ0n) is 13.8. The van der Waals surface area contributed by atoms with Crippen molar-refractivity contribution in [3.05, 3.63) is 0 Å². The Morgan fingerprint density at radius 2 is 1.45 bits per heavy atom. The molecule has 7 heteroatoms. The lowest BCUT2D eigenvalue weighted by atomic mass is 9.81. The maximum absolute atomic E-state index is 11.3. The summed E-state index contributed by atoms with van der Waals surface area (Å²) in [5, 5.41) is 0. The third kappa shape index (κ3) is 4.69. The van der Waals surface area contributed by atoms with Crippen molar-refractivity contribution in [1.82, 2.24) is 0 Å². The number of carbonyl (C=O) groups excluding carboxylic acids is 3. The van der Waals surface area contributed by atoms with Crippen LogP contribution in [0.3, 0.4) is 0 Å². The standard InChI is InChI=1S/C15H24O7/c1-7-8(2)14(20-11(5)17)15(21-12(6)18)22-13(7)9(3)19-10(4)16/h7-9,13-15H,1-6H3/t7-,8+,9+,13+,14-,15?/m0/s1. The van der Waals surface area contributed by atoms with Crippen molar-refractivity contribution < 1.29 is 33.3 Å². The van der Waals surface area contributed by atoms with Crippen LogP contribution in [0.15, 0.2) is 0 Å². The fraction of sp³-hybridized carbons (Fsp3) is 0.800. The Bertz CT molecular complexity index is 434. The smallest absolute Gasteiger partial charge is 0.305 e. The Kier molecular flexibility index (Phi) is 6.34. The highest BCUT2D eigenvalue weighted by Gasteiger charge is 2.47. The van der Waals surface area contributed by atoms with E-state index in [0.29, 0.717) is 0 Å². The summed E-state index contributed by atoms with van der Waals surface area (Å²) < 4.78 is 21.3. The van der Waals surface area contributed by atoms with Crippen molar-refractivity contribution in [1.29, 1.82) is 0 Å². The molecule has 1 heterocycles. The third-order valence-corrected chi connectivity index (χ3v) is 3.82. The quantitative estimate of drug-likeness (QED) is 0.572. The zero-order valence-corrected chi connectivity index (χ0v) is 13.8. The highest BCUT2D eigenvalue weighted by atomic mass is 16.7. The first-order valence-corrected chi connectivity index (χ1v) is 7.30. The summed E-state index contributed by atoms with van der Waals surface area (Å²) in [6.45, 7) is 9.36. The van der Waals surface area contributed by atoms with Gasteiger partial charge < -0.3 is 18.9 Å². The molecule has 0 amide bonds. The molecule has 126 valence electrons. The molecule has 0 saturated carbocycles. The van der Waals surface area contributed by atoms with E-state index >= 15 is 0 Å². The first-order valence-electron chi connectivity index (χ1n) is 7.30. The summed E-state index contributed by atoms with van der Waals surface area (Å²) >= 11 is 0. The molecule has 0 spiro atoms. The molecule has 1 aliphatic heterocycles. The van der Waals surface area contributed by atoms with Crippen LogP contribution in [-0.2, 0) is 33.3 Å². The van der Waals surface area contributed by atoms with Gasteiger partial charge in [-0.15, -0.1) is 0 Å². The minimum Gasteiger partial charge on any atom is -0.460 e. The molecular formula is C15H24O7. The van der Waals surface area contributed by atoms with Crippen LogP contribution in [0.25, 0.3) is 0 Å². The van der Waals surface area contributed by atoms with Crippen molar-refractivity contribution in [3.63, 3.8) is 0 Å². The molecule has 0 aromatic rings. The van der Waals surface area contributed by atoms with E-state index < -0.39 is 42.5 Å². The van der Waals surface area contributed by atoms with Crippen molar-refractivity contribution in [2.24, 2.45) is 11.8 Å². The molecule has 0 bridgehead atoms. The summed E-state index contributed by atoms with van der Waals surface area (Å²) in [4.78, 5) is 33.6. The summed E-state index contributed by atoms with van der Waals surface area (Å²) in [6.07, 6.45) is -2.69. The van der Waals surface area contributed by atoms with E-state index in [1.165, 1.54) is 20.8 Å². The van der Waals surface area contributed by atoms with Gasteiger partial charge in [0, 0.05) is 26.7 Å². The van der Waals surface area contributed by atoms with Gasteiger partial charge in [-0.2, -0.15) is 0 Å². The van der Waals surface area contributed by atoms with Gasteiger partial charge >= 0.3 is 17.9 Å². The van der Waals surface area contributed by atoms with Crippen LogP contribution in [0.1, 0.15) is 41.5 Å².